The Hall–Kier alpha value is -1.69. The van der Waals surface area contributed by atoms with E-state index in [1.807, 2.05) is 9.58 Å². The van der Waals surface area contributed by atoms with E-state index in [4.69, 9.17) is 9.84 Å². The number of nitrogens with zero attached hydrogens (tertiary/aromatic N) is 3. The molecular formula is C18H27N3O3. The van der Waals surface area contributed by atoms with E-state index in [9.17, 15) is 9.59 Å². The van der Waals surface area contributed by atoms with Gasteiger partial charge in [0.1, 0.15) is 0 Å². The molecule has 0 radical (unpaired) electrons. The predicted molar refractivity (Wildman–Crippen MR) is 89.9 cm³/mol. The van der Waals surface area contributed by atoms with Gasteiger partial charge >= 0.3 is 0 Å². The molecule has 0 aromatic carbocycles. The van der Waals surface area contributed by atoms with Crippen molar-refractivity contribution in [2.45, 2.75) is 59.0 Å². The van der Waals surface area contributed by atoms with E-state index in [-0.39, 0.29) is 23.1 Å². The van der Waals surface area contributed by atoms with Gasteiger partial charge in [-0.2, -0.15) is 5.10 Å². The van der Waals surface area contributed by atoms with Gasteiger partial charge in [0.15, 0.2) is 5.78 Å². The second kappa shape index (κ2) is 6.31. The Morgan fingerprint density at radius 2 is 2.12 bits per heavy atom. The van der Waals surface area contributed by atoms with Crippen LogP contribution in [0.4, 0.5) is 0 Å². The largest absolute Gasteiger partial charge is 0.383 e. The number of methoxy groups -OCH3 is 1. The van der Waals surface area contributed by atoms with Gasteiger partial charge in [-0.05, 0) is 24.7 Å². The molecule has 1 aromatic heterocycles. The zero-order valence-corrected chi connectivity index (χ0v) is 15.1. The maximum absolute atomic E-state index is 12.9. The molecule has 0 unspecified atom stereocenters. The molecule has 1 atom stereocenters. The highest BCUT2D eigenvalue weighted by Crippen LogP contribution is 2.41. The van der Waals surface area contributed by atoms with Gasteiger partial charge in [0.05, 0.1) is 36.1 Å². The van der Waals surface area contributed by atoms with E-state index in [1.54, 1.807) is 14.0 Å². The first-order valence-corrected chi connectivity index (χ1v) is 8.73. The molecule has 1 fully saturated rings. The van der Waals surface area contributed by atoms with Crippen molar-refractivity contribution >= 4 is 11.7 Å². The van der Waals surface area contributed by atoms with Crippen molar-refractivity contribution in [1.82, 2.24) is 14.7 Å². The van der Waals surface area contributed by atoms with E-state index < -0.39 is 0 Å². The van der Waals surface area contributed by atoms with Crippen LogP contribution in [0.25, 0.3) is 0 Å². The molecule has 24 heavy (non-hydrogen) atoms. The molecule has 2 heterocycles. The molecule has 0 saturated carbocycles. The third-order valence-corrected chi connectivity index (χ3v) is 5.13. The number of ketones is 1. The summed E-state index contributed by atoms with van der Waals surface area (Å²) in [6, 6.07) is -0.0646. The lowest BCUT2D eigenvalue weighted by Gasteiger charge is -2.30. The molecule has 1 amide bonds. The van der Waals surface area contributed by atoms with Gasteiger partial charge in [-0.15, -0.1) is 0 Å². The van der Waals surface area contributed by atoms with Crippen LogP contribution in [-0.4, -0.2) is 46.6 Å². The van der Waals surface area contributed by atoms with Crippen LogP contribution in [0.15, 0.2) is 0 Å². The lowest BCUT2D eigenvalue weighted by atomic mass is 9.75. The Labute approximate surface area is 143 Å². The highest BCUT2D eigenvalue weighted by molar-refractivity contribution is 6.00. The first kappa shape index (κ1) is 17.1. The maximum atomic E-state index is 12.9. The molecule has 132 valence electrons. The van der Waals surface area contributed by atoms with Crippen LogP contribution in [-0.2, 0) is 22.5 Å². The molecule has 0 N–H and O–H groups in total. The summed E-state index contributed by atoms with van der Waals surface area (Å²) in [7, 11) is 1.67. The minimum Gasteiger partial charge on any atom is -0.383 e. The predicted octanol–water partition coefficient (Wildman–Crippen LogP) is 2.37. The number of Topliss-reactive ketones (excluding diaryl/α,β-unsaturated/α-hetero) is 1. The Morgan fingerprint density at radius 1 is 1.38 bits per heavy atom. The van der Waals surface area contributed by atoms with Gasteiger partial charge in [-0.3, -0.25) is 14.3 Å². The SMILES string of the molecule is COCCn1nc([C@H]2CCCN2C(C)=O)c2c1CC(C)(C)CC2=O. The van der Waals surface area contributed by atoms with Gasteiger partial charge in [-0.1, -0.05) is 13.8 Å². The third-order valence-electron chi connectivity index (χ3n) is 5.13. The Bertz CT molecular complexity index is 663. The topological polar surface area (TPSA) is 64.4 Å². The molecule has 3 rings (SSSR count). The number of ether oxygens (including phenoxy) is 1. The summed E-state index contributed by atoms with van der Waals surface area (Å²) in [6.07, 6.45) is 3.21. The maximum Gasteiger partial charge on any atom is 0.220 e. The second-order valence-electron chi connectivity index (χ2n) is 7.73. The molecule has 0 bridgehead atoms. The second-order valence-corrected chi connectivity index (χ2v) is 7.73. The lowest BCUT2D eigenvalue weighted by Crippen LogP contribution is -2.31. The van der Waals surface area contributed by atoms with Crippen LogP contribution < -0.4 is 0 Å². The molecule has 1 aliphatic carbocycles. The average Bonchev–Trinajstić information content (AvgIpc) is 3.08. The molecule has 2 aliphatic rings. The smallest absolute Gasteiger partial charge is 0.220 e. The van der Waals surface area contributed by atoms with Gasteiger partial charge in [0, 0.05) is 27.0 Å². The average molecular weight is 333 g/mol. The number of carbonyl (C=O) groups is 2. The summed E-state index contributed by atoms with van der Waals surface area (Å²) < 4.78 is 7.13. The van der Waals surface area contributed by atoms with Crippen LogP contribution in [0.2, 0.25) is 0 Å². The fraction of sp³-hybridized carbons (Fsp3) is 0.722. The zero-order valence-electron chi connectivity index (χ0n) is 15.1. The molecular weight excluding hydrogens is 306 g/mol. The normalized spacial score (nSPS) is 22.8. The Kier molecular flexibility index (Phi) is 4.51. The fourth-order valence-electron chi connectivity index (χ4n) is 4.06. The van der Waals surface area contributed by atoms with Gasteiger partial charge in [0.25, 0.3) is 0 Å². The summed E-state index contributed by atoms with van der Waals surface area (Å²) in [6.45, 7) is 7.78. The summed E-state index contributed by atoms with van der Waals surface area (Å²) >= 11 is 0. The van der Waals surface area contributed by atoms with Crippen molar-refractivity contribution in [3.05, 3.63) is 17.0 Å². The van der Waals surface area contributed by atoms with Crippen LogP contribution in [0.3, 0.4) is 0 Å². The number of amides is 1. The van der Waals surface area contributed by atoms with Crippen LogP contribution in [0.1, 0.15) is 67.8 Å². The summed E-state index contributed by atoms with van der Waals surface area (Å²) in [5.41, 5.74) is 2.53. The molecule has 1 aromatic rings. The first-order chi connectivity index (χ1) is 11.3. The molecule has 6 heteroatoms. The first-order valence-electron chi connectivity index (χ1n) is 8.73. The van der Waals surface area contributed by atoms with Gasteiger partial charge < -0.3 is 9.64 Å². The minimum atomic E-state index is -0.0646. The standard InChI is InChI=1S/C18H27N3O3/c1-12(22)20-7-5-6-13(20)17-16-14(21(19-17)8-9-24-4)10-18(2,3)11-15(16)23/h13H,5-11H2,1-4H3/t13-/m1/s1. The minimum absolute atomic E-state index is 0.0534. The van der Waals surface area contributed by atoms with E-state index in [2.05, 4.69) is 13.8 Å². The number of hydrogen-bond acceptors (Lipinski definition) is 4. The number of aromatic nitrogens is 2. The van der Waals surface area contributed by atoms with Gasteiger partial charge in [0.2, 0.25) is 5.91 Å². The fourth-order valence-corrected chi connectivity index (χ4v) is 4.06. The van der Waals surface area contributed by atoms with E-state index >= 15 is 0 Å². The summed E-state index contributed by atoms with van der Waals surface area (Å²) in [5.74, 6) is 0.219. The van der Waals surface area contributed by atoms with Crippen molar-refractivity contribution in [3.8, 4) is 0 Å². The summed E-state index contributed by atoms with van der Waals surface area (Å²) in [4.78, 5) is 26.7. The molecule has 1 saturated heterocycles. The molecule has 6 nitrogen and oxygen atoms in total. The lowest BCUT2D eigenvalue weighted by molar-refractivity contribution is -0.129. The summed E-state index contributed by atoms with van der Waals surface area (Å²) in [5, 5.41) is 4.78. The van der Waals surface area contributed by atoms with E-state index in [0.29, 0.717) is 19.6 Å². The quantitative estimate of drug-likeness (QED) is 0.848. The van der Waals surface area contributed by atoms with Gasteiger partial charge in [-0.25, -0.2) is 0 Å². The van der Waals surface area contributed by atoms with Crippen molar-refractivity contribution < 1.29 is 14.3 Å². The van der Waals surface area contributed by atoms with Crippen LogP contribution >= 0.6 is 0 Å². The van der Waals surface area contributed by atoms with Crippen molar-refractivity contribution in [2.24, 2.45) is 5.41 Å². The van der Waals surface area contributed by atoms with E-state index in [0.717, 1.165) is 42.8 Å². The monoisotopic (exact) mass is 333 g/mol. The number of rotatable bonds is 4. The highest BCUT2D eigenvalue weighted by Gasteiger charge is 2.40. The Balaban J connectivity index is 2.06. The third kappa shape index (κ3) is 2.99. The Morgan fingerprint density at radius 3 is 2.79 bits per heavy atom. The zero-order chi connectivity index (χ0) is 17.5. The van der Waals surface area contributed by atoms with Crippen LogP contribution in [0.5, 0.6) is 0 Å². The molecule has 0 spiro atoms. The van der Waals surface area contributed by atoms with Crippen molar-refractivity contribution in [3.63, 3.8) is 0 Å². The number of hydrogen-bond donors (Lipinski definition) is 0. The molecule has 1 aliphatic heterocycles. The van der Waals surface area contributed by atoms with Crippen molar-refractivity contribution in [2.75, 3.05) is 20.3 Å². The number of fused-ring (bicyclic) bond motifs is 1. The number of carbonyl (C=O) groups excluding carboxylic acids is 2. The van der Waals surface area contributed by atoms with Crippen LogP contribution in [0, 0.1) is 5.41 Å². The van der Waals surface area contributed by atoms with E-state index in [1.165, 1.54) is 0 Å². The van der Waals surface area contributed by atoms with Crippen molar-refractivity contribution in [1.29, 1.82) is 0 Å². The number of likely N-dealkylation sites (tertiary alicyclic amines) is 1. The highest BCUT2D eigenvalue weighted by atomic mass is 16.5.